The number of aromatic nitrogens is 4. The average Bonchev–Trinajstić information content (AvgIpc) is 2.90. The fourth-order valence-corrected chi connectivity index (χ4v) is 2.13. The van der Waals surface area contributed by atoms with Gasteiger partial charge in [0.25, 0.3) is 0 Å². The Kier molecular flexibility index (Phi) is 3.21. The van der Waals surface area contributed by atoms with Crippen molar-refractivity contribution in [1.29, 1.82) is 0 Å². The number of hydrogen-bond acceptors (Lipinski definition) is 6. The Hall–Kier alpha value is -1.53. The van der Waals surface area contributed by atoms with Gasteiger partial charge in [-0.25, -0.2) is 9.97 Å². The van der Waals surface area contributed by atoms with Gasteiger partial charge in [0.15, 0.2) is 10.8 Å². The number of ether oxygens (including phenoxy) is 1. The number of anilines is 1. The lowest BCUT2D eigenvalue weighted by atomic mass is 10.2. The van der Waals surface area contributed by atoms with Gasteiger partial charge in [-0.2, -0.15) is 9.97 Å². The Morgan fingerprint density at radius 1 is 1.33 bits per heavy atom. The maximum Gasteiger partial charge on any atom is 0.226 e. The quantitative estimate of drug-likeness (QED) is 0.851. The van der Waals surface area contributed by atoms with Crippen LogP contribution in [0.15, 0.2) is 12.4 Å². The molecule has 0 aromatic carbocycles. The van der Waals surface area contributed by atoms with E-state index in [-0.39, 0.29) is 6.10 Å². The number of rotatable bonds is 3. The second-order valence-electron chi connectivity index (χ2n) is 4.08. The Labute approximate surface area is 109 Å². The summed E-state index contributed by atoms with van der Waals surface area (Å²) >= 11 is 6.03. The molecule has 0 spiro atoms. The Morgan fingerprint density at radius 3 is 3.06 bits per heavy atom. The van der Waals surface area contributed by atoms with Crippen molar-refractivity contribution in [3.05, 3.63) is 17.5 Å². The van der Waals surface area contributed by atoms with E-state index in [0.29, 0.717) is 28.8 Å². The number of nitrogens with one attached hydrogen (secondary N) is 1. The number of fused-ring (bicyclic) bond motifs is 1. The van der Waals surface area contributed by atoms with Gasteiger partial charge in [-0.3, -0.25) is 0 Å². The molecule has 18 heavy (non-hydrogen) atoms. The summed E-state index contributed by atoms with van der Waals surface area (Å²) in [7, 11) is 0. The van der Waals surface area contributed by atoms with E-state index in [1.807, 2.05) is 0 Å². The minimum absolute atomic E-state index is 0.227. The number of hydrogen-bond donors (Lipinski definition) is 1. The first-order chi connectivity index (χ1) is 8.83. The Balaban J connectivity index is 1.79. The van der Waals surface area contributed by atoms with Crippen molar-refractivity contribution in [3.8, 4) is 0 Å². The molecule has 3 rings (SSSR count). The number of halogens is 1. The zero-order valence-corrected chi connectivity index (χ0v) is 10.4. The molecular weight excluding hydrogens is 254 g/mol. The third kappa shape index (κ3) is 2.34. The highest BCUT2D eigenvalue weighted by atomic mass is 35.5. The van der Waals surface area contributed by atoms with Crippen molar-refractivity contribution >= 4 is 28.7 Å². The summed E-state index contributed by atoms with van der Waals surface area (Å²) in [4.78, 5) is 16.6. The van der Waals surface area contributed by atoms with Crippen LogP contribution in [0, 0.1) is 0 Å². The van der Waals surface area contributed by atoms with Gasteiger partial charge in [0, 0.05) is 25.5 Å². The summed E-state index contributed by atoms with van der Waals surface area (Å²) in [5.41, 5.74) is 1.01. The molecule has 94 valence electrons. The molecule has 7 heteroatoms. The molecule has 1 aliphatic heterocycles. The van der Waals surface area contributed by atoms with Gasteiger partial charge in [0.2, 0.25) is 5.95 Å². The van der Waals surface area contributed by atoms with Gasteiger partial charge in [0.1, 0.15) is 5.52 Å². The number of nitrogens with zero attached hydrogens (tertiary/aromatic N) is 4. The van der Waals surface area contributed by atoms with E-state index in [0.717, 1.165) is 19.4 Å². The van der Waals surface area contributed by atoms with Crippen LogP contribution in [0.5, 0.6) is 0 Å². The molecule has 1 fully saturated rings. The lowest BCUT2D eigenvalue weighted by molar-refractivity contribution is 0.120. The second kappa shape index (κ2) is 4.99. The fourth-order valence-electron chi connectivity index (χ4n) is 1.92. The molecule has 1 aliphatic rings. The smallest absolute Gasteiger partial charge is 0.226 e. The summed E-state index contributed by atoms with van der Waals surface area (Å²) in [6.07, 6.45) is 5.54. The van der Waals surface area contributed by atoms with Gasteiger partial charge >= 0.3 is 0 Å². The summed E-state index contributed by atoms with van der Waals surface area (Å²) in [5.74, 6) is 0.462. The second-order valence-corrected chi connectivity index (χ2v) is 4.44. The average molecular weight is 266 g/mol. The van der Waals surface area contributed by atoms with E-state index in [1.165, 1.54) is 0 Å². The van der Waals surface area contributed by atoms with Crippen LogP contribution in [-0.2, 0) is 4.74 Å². The van der Waals surface area contributed by atoms with Crippen LogP contribution in [0.1, 0.15) is 12.8 Å². The third-order valence-electron chi connectivity index (χ3n) is 2.80. The van der Waals surface area contributed by atoms with Gasteiger partial charge in [-0.15, -0.1) is 0 Å². The molecule has 0 aliphatic carbocycles. The monoisotopic (exact) mass is 265 g/mol. The van der Waals surface area contributed by atoms with Crippen molar-refractivity contribution < 1.29 is 4.74 Å². The van der Waals surface area contributed by atoms with Crippen molar-refractivity contribution in [2.45, 2.75) is 18.9 Å². The SMILES string of the molecule is Clc1nc(NCC2CCCO2)nc2nccnc12. The van der Waals surface area contributed by atoms with E-state index in [9.17, 15) is 0 Å². The molecular formula is C11H12ClN5O. The van der Waals surface area contributed by atoms with E-state index >= 15 is 0 Å². The molecule has 1 saturated heterocycles. The van der Waals surface area contributed by atoms with Crippen molar-refractivity contribution in [3.63, 3.8) is 0 Å². The lowest BCUT2D eigenvalue weighted by Crippen LogP contribution is -2.19. The minimum Gasteiger partial charge on any atom is -0.376 e. The normalized spacial score (nSPS) is 19.3. The van der Waals surface area contributed by atoms with Crippen molar-refractivity contribution in [2.24, 2.45) is 0 Å². The third-order valence-corrected chi connectivity index (χ3v) is 3.07. The summed E-state index contributed by atoms with van der Waals surface area (Å²) in [6, 6.07) is 0. The first kappa shape index (κ1) is 11.6. The van der Waals surface area contributed by atoms with Crippen LogP contribution in [-0.4, -0.2) is 39.2 Å². The van der Waals surface area contributed by atoms with Crippen LogP contribution in [0.25, 0.3) is 11.2 Å². The van der Waals surface area contributed by atoms with E-state index < -0.39 is 0 Å². The Morgan fingerprint density at radius 2 is 2.22 bits per heavy atom. The molecule has 3 heterocycles. The summed E-state index contributed by atoms with van der Waals surface area (Å²) in [5, 5.41) is 3.43. The largest absolute Gasteiger partial charge is 0.376 e. The molecule has 0 radical (unpaired) electrons. The molecule has 0 saturated carbocycles. The molecule has 1 unspecified atom stereocenters. The Bertz CT molecular complexity index is 558. The van der Waals surface area contributed by atoms with E-state index in [1.54, 1.807) is 12.4 Å². The van der Waals surface area contributed by atoms with Crippen molar-refractivity contribution in [2.75, 3.05) is 18.5 Å². The first-order valence-corrected chi connectivity index (χ1v) is 6.20. The maximum absolute atomic E-state index is 6.03. The van der Waals surface area contributed by atoms with Crippen LogP contribution < -0.4 is 5.32 Å². The summed E-state index contributed by atoms with van der Waals surface area (Å²) in [6.45, 7) is 1.51. The van der Waals surface area contributed by atoms with Gasteiger partial charge < -0.3 is 10.1 Å². The lowest BCUT2D eigenvalue weighted by Gasteiger charge is -2.10. The molecule has 0 amide bonds. The van der Waals surface area contributed by atoms with Gasteiger partial charge in [-0.1, -0.05) is 11.6 Å². The standard InChI is InChI=1S/C11H12ClN5O/c12-9-8-10(14-4-3-13-8)17-11(16-9)15-6-7-2-1-5-18-7/h3-4,7H,1-2,5-6H2,(H,14,15,16,17). The molecule has 1 atom stereocenters. The van der Waals surface area contributed by atoms with Gasteiger partial charge in [-0.05, 0) is 12.8 Å². The van der Waals surface area contributed by atoms with Crippen LogP contribution in [0.3, 0.4) is 0 Å². The van der Waals surface area contributed by atoms with Gasteiger partial charge in [0.05, 0.1) is 6.10 Å². The highest BCUT2D eigenvalue weighted by Gasteiger charge is 2.16. The van der Waals surface area contributed by atoms with E-state index in [2.05, 4.69) is 25.3 Å². The zero-order chi connectivity index (χ0) is 12.4. The fraction of sp³-hybridized carbons (Fsp3) is 0.455. The zero-order valence-electron chi connectivity index (χ0n) is 9.64. The topological polar surface area (TPSA) is 72.8 Å². The first-order valence-electron chi connectivity index (χ1n) is 5.82. The highest BCUT2D eigenvalue weighted by Crippen LogP contribution is 2.18. The molecule has 2 aromatic rings. The predicted octanol–water partition coefficient (Wildman–Crippen LogP) is 1.66. The van der Waals surface area contributed by atoms with E-state index in [4.69, 9.17) is 16.3 Å². The van der Waals surface area contributed by atoms with Crippen LogP contribution in [0.4, 0.5) is 5.95 Å². The summed E-state index contributed by atoms with van der Waals surface area (Å²) < 4.78 is 5.51. The molecule has 1 N–H and O–H groups in total. The van der Waals surface area contributed by atoms with Crippen LogP contribution in [0.2, 0.25) is 5.15 Å². The highest BCUT2D eigenvalue weighted by molar-refractivity contribution is 6.33. The van der Waals surface area contributed by atoms with Crippen LogP contribution >= 0.6 is 11.6 Å². The van der Waals surface area contributed by atoms with Crippen molar-refractivity contribution in [1.82, 2.24) is 19.9 Å². The molecule has 2 aromatic heterocycles. The maximum atomic E-state index is 6.03. The minimum atomic E-state index is 0.227. The predicted molar refractivity (Wildman–Crippen MR) is 67.6 cm³/mol. The molecule has 0 bridgehead atoms. The molecule has 6 nitrogen and oxygen atoms in total.